The predicted octanol–water partition coefficient (Wildman–Crippen LogP) is 4.24. The molecule has 2 aromatic carbocycles. The highest BCUT2D eigenvalue weighted by atomic mass is 32.1. The van der Waals surface area contributed by atoms with Gasteiger partial charge in [0.25, 0.3) is 5.91 Å². The van der Waals surface area contributed by atoms with Crippen LogP contribution in [0.2, 0.25) is 0 Å². The zero-order valence-corrected chi connectivity index (χ0v) is 19.0. The van der Waals surface area contributed by atoms with Crippen LogP contribution in [0.1, 0.15) is 21.3 Å². The van der Waals surface area contributed by atoms with Gasteiger partial charge < -0.3 is 19.3 Å². The van der Waals surface area contributed by atoms with E-state index < -0.39 is 12.1 Å². The highest BCUT2D eigenvalue weighted by molar-refractivity contribution is 7.18. The number of hydrogen-bond acceptors (Lipinski definition) is 6. The summed E-state index contributed by atoms with van der Waals surface area (Å²) < 4.78 is 11.3. The molecule has 0 aliphatic carbocycles. The van der Waals surface area contributed by atoms with Gasteiger partial charge in [-0.3, -0.25) is 4.79 Å². The second-order valence-electron chi connectivity index (χ2n) is 7.72. The Kier molecular flexibility index (Phi) is 6.87. The Morgan fingerprint density at radius 3 is 2.25 bits per heavy atom. The summed E-state index contributed by atoms with van der Waals surface area (Å²) in [6.45, 7) is 2.83. The Hall–Kier alpha value is -3.16. The molecule has 0 radical (unpaired) electrons. The number of thiophene rings is 1. The number of carbonyl (C=O) groups is 2. The van der Waals surface area contributed by atoms with Crippen LogP contribution in [-0.2, 0) is 14.3 Å². The molecule has 1 aliphatic rings. The van der Waals surface area contributed by atoms with Crippen molar-refractivity contribution in [2.24, 2.45) is 0 Å². The van der Waals surface area contributed by atoms with E-state index in [0.717, 1.165) is 29.2 Å². The highest BCUT2D eigenvalue weighted by Crippen LogP contribution is 2.40. The van der Waals surface area contributed by atoms with E-state index in [4.69, 9.17) is 9.47 Å². The summed E-state index contributed by atoms with van der Waals surface area (Å²) >= 11 is 1.40. The maximum absolute atomic E-state index is 13.2. The van der Waals surface area contributed by atoms with Gasteiger partial charge >= 0.3 is 5.97 Å². The zero-order valence-electron chi connectivity index (χ0n) is 18.2. The van der Waals surface area contributed by atoms with E-state index in [1.165, 1.54) is 16.2 Å². The van der Waals surface area contributed by atoms with Crippen LogP contribution >= 0.6 is 11.3 Å². The Balaban J connectivity index is 1.66. The Bertz CT molecular complexity index is 1060. The SMILES string of the molecule is CN(C)C(=O)C(OC(=O)c1cc(-c2ccccc2)c(N2CCOCC2)s1)c1ccccc1. The number of nitrogens with zero attached hydrogens (tertiary/aromatic N) is 2. The van der Waals surface area contributed by atoms with Crippen molar-refractivity contribution in [2.45, 2.75) is 6.10 Å². The number of esters is 1. The molecule has 1 amide bonds. The fourth-order valence-corrected chi connectivity index (χ4v) is 4.71. The lowest BCUT2D eigenvalue weighted by molar-refractivity contribution is -0.138. The summed E-state index contributed by atoms with van der Waals surface area (Å²) in [5.41, 5.74) is 2.67. The summed E-state index contributed by atoms with van der Waals surface area (Å²) in [6.07, 6.45) is -0.993. The molecule has 0 spiro atoms. The molecule has 1 fully saturated rings. The van der Waals surface area contributed by atoms with E-state index >= 15 is 0 Å². The van der Waals surface area contributed by atoms with E-state index in [0.29, 0.717) is 23.7 Å². The summed E-state index contributed by atoms with van der Waals surface area (Å²) in [5.74, 6) is -0.784. The molecule has 0 saturated carbocycles. The van der Waals surface area contributed by atoms with Crippen molar-refractivity contribution in [3.05, 3.63) is 77.2 Å². The van der Waals surface area contributed by atoms with E-state index in [2.05, 4.69) is 4.90 Å². The minimum atomic E-state index is -0.993. The molecule has 0 bridgehead atoms. The largest absolute Gasteiger partial charge is 0.443 e. The van der Waals surface area contributed by atoms with Gasteiger partial charge in [0, 0.05) is 38.3 Å². The molecule has 1 unspecified atom stereocenters. The van der Waals surface area contributed by atoms with Crippen LogP contribution in [0.5, 0.6) is 0 Å². The van der Waals surface area contributed by atoms with E-state index in [1.807, 2.05) is 54.6 Å². The summed E-state index contributed by atoms with van der Waals surface area (Å²) in [5, 5.41) is 1.02. The highest BCUT2D eigenvalue weighted by Gasteiger charge is 2.29. The minimum Gasteiger partial charge on any atom is -0.443 e. The third kappa shape index (κ3) is 4.84. The number of rotatable bonds is 6. The first-order valence-corrected chi connectivity index (χ1v) is 11.4. The lowest BCUT2D eigenvalue weighted by Gasteiger charge is -2.28. The normalized spacial score (nSPS) is 14.6. The van der Waals surface area contributed by atoms with Crippen LogP contribution in [0, 0.1) is 0 Å². The van der Waals surface area contributed by atoms with Gasteiger partial charge in [-0.05, 0) is 11.6 Å². The monoisotopic (exact) mass is 450 g/mol. The number of hydrogen-bond donors (Lipinski definition) is 0. The summed E-state index contributed by atoms with van der Waals surface area (Å²) in [7, 11) is 3.31. The maximum Gasteiger partial charge on any atom is 0.349 e. The quantitative estimate of drug-likeness (QED) is 0.526. The molecule has 1 aromatic heterocycles. The minimum absolute atomic E-state index is 0.280. The van der Waals surface area contributed by atoms with Gasteiger partial charge in [0.2, 0.25) is 6.10 Å². The number of anilines is 1. The molecule has 1 saturated heterocycles. The molecular weight excluding hydrogens is 424 g/mol. The van der Waals surface area contributed by atoms with Crippen LogP contribution in [0.3, 0.4) is 0 Å². The van der Waals surface area contributed by atoms with Crippen LogP contribution < -0.4 is 4.90 Å². The number of ether oxygens (including phenoxy) is 2. The van der Waals surface area contributed by atoms with Gasteiger partial charge in [-0.1, -0.05) is 60.7 Å². The lowest BCUT2D eigenvalue weighted by atomic mass is 10.1. The molecule has 1 aliphatic heterocycles. The molecule has 32 heavy (non-hydrogen) atoms. The Labute approximate surface area is 192 Å². The maximum atomic E-state index is 13.2. The van der Waals surface area contributed by atoms with E-state index in [1.54, 1.807) is 26.2 Å². The molecule has 166 valence electrons. The fourth-order valence-electron chi connectivity index (χ4n) is 3.60. The third-order valence-electron chi connectivity index (χ3n) is 5.29. The first-order chi connectivity index (χ1) is 15.5. The van der Waals surface area contributed by atoms with Gasteiger partial charge in [-0.2, -0.15) is 0 Å². The van der Waals surface area contributed by atoms with Gasteiger partial charge in [0.15, 0.2) is 0 Å². The molecule has 0 N–H and O–H groups in total. The molecule has 2 heterocycles. The number of amides is 1. The molecule has 6 nitrogen and oxygen atoms in total. The van der Waals surface area contributed by atoms with Gasteiger partial charge in [0.05, 0.1) is 18.2 Å². The number of benzene rings is 2. The lowest BCUT2D eigenvalue weighted by Crippen LogP contribution is -2.35. The van der Waals surface area contributed by atoms with Crippen molar-refractivity contribution in [1.29, 1.82) is 0 Å². The second-order valence-corrected chi connectivity index (χ2v) is 8.75. The number of likely N-dealkylation sites (N-methyl/N-ethyl adjacent to an activating group) is 1. The third-order valence-corrected chi connectivity index (χ3v) is 6.46. The Morgan fingerprint density at radius 2 is 1.62 bits per heavy atom. The van der Waals surface area contributed by atoms with Crippen molar-refractivity contribution in [1.82, 2.24) is 4.90 Å². The smallest absolute Gasteiger partial charge is 0.349 e. The van der Waals surface area contributed by atoms with Crippen molar-refractivity contribution >= 4 is 28.2 Å². The summed E-state index contributed by atoms with van der Waals surface area (Å²) in [6, 6.07) is 21.0. The Morgan fingerprint density at radius 1 is 1.00 bits per heavy atom. The first kappa shape index (κ1) is 22.0. The molecular formula is C25H26N2O4S. The zero-order chi connectivity index (χ0) is 22.5. The number of morpholine rings is 1. The van der Waals surface area contributed by atoms with Crippen molar-refractivity contribution in [3.63, 3.8) is 0 Å². The molecule has 4 rings (SSSR count). The number of carbonyl (C=O) groups excluding carboxylic acids is 2. The van der Waals surface area contributed by atoms with Crippen molar-refractivity contribution in [2.75, 3.05) is 45.3 Å². The fraction of sp³-hybridized carbons (Fsp3) is 0.280. The van der Waals surface area contributed by atoms with Gasteiger partial charge in [0.1, 0.15) is 4.88 Å². The topological polar surface area (TPSA) is 59.1 Å². The molecule has 7 heteroatoms. The van der Waals surface area contributed by atoms with Gasteiger partial charge in [-0.15, -0.1) is 11.3 Å². The van der Waals surface area contributed by atoms with Crippen molar-refractivity contribution in [3.8, 4) is 11.1 Å². The van der Waals surface area contributed by atoms with Crippen molar-refractivity contribution < 1.29 is 19.1 Å². The molecule has 1 atom stereocenters. The second kappa shape index (κ2) is 9.97. The standard InChI is InChI=1S/C25H26N2O4S/c1-26(2)23(28)22(19-11-7-4-8-12-19)31-25(29)21-17-20(18-9-5-3-6-10-18)24(32-21)27-13-15-30-16-14-27/h3-12,17,22H,13-16H2,1-2H3. The van der Waals surface area contributed by atoms with Gasteiger partial charge in [-0.25, -0.2) is 4.79 Å². The van der Waals surface area contributed by atoms with Crippen LogP contribution in [0.25, 0.3) is 11.1 Å². The van der Waals surface area contributed by atoms with Crippen LogP contribution in [-0.4, -0.2) is 57.2 Å². The average Bonchev–Trinajstić information content (AvgIpc) is 3.29. The van der Waals surface area contributed by atoms with E-state index in [9.17, 15) is 9.59 Å². The van der Waals surface area contributed by atoms with Crippen LogP contribution in [0.4, 0.5) is 5.00 Å². The summed E-state index contributed by atoms with van der Waals surface area (Å²) in [4.78, 5) is 30.1. The predicted molar refractivity (Wildman–Crippen MR) is 126 cm³/mol. The first-order valence-electron chi connectivity index (χ1n) is 10.5. The van der Waals surface area contributed by atoms with Crippen LogP contribution in [0.15, 0.2) is 66.7 Å². The van der Waals surface area contributed by atoms with E-state index in [-0.39, 0.29) is 5.91 Å². The molecule has 3 aromatic rings. The average molecular weight is 451 g/mol.